The zero-order valence-corrected chi connectivity index (χ0v) is 18.1. The van der Waals surface area contributed by atoms with Crippen LogP contribution in [0.4, 0.5) is 4.79 Å². The van der Waals surface area contributed by atoms with E-state index in [0.29, 0.717) is 30.8 Å². The van der Waals surface area contributed by atoms with Crippen LogP contribution in [0.15, 0.2) is 18.2 Å². The van der Waals surface area contributed by atoms with E-state index in [1.54, 1.807) is 7.11 Å². The van der Waals surface area contributed by atoms with Crippen molar-refractivity contribution in [1.29, 1.82) is 0 Å². The number of hydrogen-bond acceptors (Lipinski definition) is 5. The maximum Gasteiger partial charge on any atom is 0.407 e. The molecule has 2 rings (SSSR count). The minimum Gasteiger partial charge on any atom is -0.491 e. The predicted octanol–water partition coefficient (Wildman–Crippen LogP) is 4.29. The molecular formula is C21H33ClN2O4. The Balaban J connectivity index is 1.78. The van der Waals surface area contributed by atoms with Gasteiger partial charge in [-0.05, 0) is 64.7 Å². The van der Waals surface area contributed by atoms with Crippen molar-refractivity contribution >= 4 is 17.7 Å². The van der Waals surface area contributed by atoms with E-state index in [2.05, 4.69) is 10.6 Å². The molecule has 158 valence electrons. The van der Waals surface area contributed by atoms with Crippen molar-refractivity contribution in [3.63, 3.8) is 0 Å². The minimum absolute atomic E-state index is 0.173. The molecule has 1 amide bonds. The molecule has 0 heterocycles. The lowest BCUT2D eigenvalue weighted by Crippen LogP contribution is -2.43. The summed E-state index contributed by atoms with van der Waals surface area (Å²) in [6.07, 6.45) is 3.54. The van der Waals surface area contributed by atoms with E-state index in [1.165, 1.54) is 0 Å². The fourth-order valence-corrected chi connectivity index (χ4v) is 3.43. The first-order valence-corrected chi connectivity index (χ1v) is 10.3. The highest BCUT2D eigenvalue weighted by Crippen LogP contribution is 2.25. The van der Waals surface area contributed by atoms with E-state index >= 15 is 0 Å². The van der Waals surface area contributed by atoms with Crippen LogP contribution in [0, 0.1) is 0 Å². The largest absolute Gasteiger partial charge is 0.491 e. The van der Waals surface area contributed by atoms with Gasteiger partial charge >= 0.3 is 6.09 Å². The van der Waals surface area contributed by atoms with Gasteiger partial charge in [0, 0.05) is 36.3 Å². The van der Waals surface area contributed by atoms with Crippen LogP contribution in [0.1, 0.15) is 52.0 Å². The second-order valence-electron chi connectivity index (χ2n) is 8.17. The van der Waals surface area contributed by atoms with Crippen molar-refractivity contribution in [3.05, 3.63) is 28.8 Å². The van der Waals surface area contributed by atoms with Crippen LogP contribution in [0.2, 0.25) is 5.02 Å². The molecule has 0 atom stereocenters. The molecule has 7 heteroatoms. The molecule has 0 spiro atoms. The van der Waals surface area contributed by atoms with Gasteiger partial charge in [0.05, 0.1) is 6.61 Å². The Morgan fingerprint density at radius 3 is 2.46 bits per heavy atom. The number of nitrogens with one attached hydrogen (secondary N) is 2. The first-order valence-electron chi connectivity index (χ1n) is 9.90. The summed E-state index contributed by atoms with van der Waals surface area (Å²) in [6.45, 7) is 7.36. The molecule has 0 bridgehead atoms. The van der Waals surface area contributed by atoms with Crippen LogP contribution in [-0.4, -0.2) is 44.1 Å². The lowest BCUT2D eigenvalue weighted by Gasteiger charge is -2.30. The highest BCUT2D eigenvalue weighted by molar-refractivity contribution is 6.30. The second-order valence-corrected chi connectivity index (χ2v) is 8.61. The average Bonchev–Trinajstić information content (AvgIpc) is 2.61. The third kappa shape index (κ3) is 8.25. The third-order valence-electron chi connectivity index (χ3n) is 4.60. The summed E-state index contributed by atoms with van der Waals surface area (Å²) < 4.78 is 16.2. The standard InChI is InChI=1S/C21H33ClN2O4/c1-21(2,3)28-20(25)24-18-8-6-17(7-9-18)23-14-15-13-16(22)5-10-19(15)27-12-11-26-4/h5,10,13,17-18,23H,6-9,11-12,14H2,1-4H3,(H,24,25). The molecule has 0 aromatic heterocycles. The van der Waals surface area contributed by atoms with E-state index in [0.717, 1.165) is 37.0 Å². The molecule has 0 saturated heterocycles. The van der Waals surface area contributed by atoms with Gasteiger partial charge in [0.1, 0.15) is 18.0 Å². The summed E-state index contributed by atoms with van der Waals surface area (Å²) >= 11 is 6.15. The van der Waals surface area contributed by atoms with Crippen LogP contribution < -0.4 is 15.4 Å². The van der Waals surface area contributed by atoms with Crippen molar-refractivity contribution in [1.82, 2.24) is 10.6 Å². The van der Waals surface area contributed by atoms with Gasteiger partial charge in [-0.2, -0.15) is 0 Å². The molecule has 0 unspecified atom stereocenters. The number of rotatable bonds is 8. The highest BCUT2D eigenvalue weighted by Gasteiger charge is 2.24. The number of alkyl carbamates (subject to hydrolysis) is 1. The number of carbonyl (C=O) groups is 1. The van der Waals surface area contributed by atoms with Crippen molar-refractivity contribution in [3.8, 4) is 5.75 Å². The summed E-state index contributed by atoms with van der Waals surface area (Å²) in [6, 6.07) is 6.25. The SMILES string of the molecule is COCCOc1ccc(Cl)cc1CNC1CCC(NC(=O)OC(C)(C)C)CC1. The van der Waals surface area contributed by atoms with Gasteiger partial charge in [-0.25, -0.2) is 4.79 Å². The summed E-state index contributed by atoms with van der Waals surface area (Å²) in [5.41, 5.74) is 0.570. The number of hydrogen-bond donors (Lipinski definition) is 2. The monoisotopic (exact) mass is 412 g/mol. The first-order chi connectivity index (χ1) is 13.3. The van der Waals surface area contributed by atoms with E-state index in [-0.39, 0.29) is 12.1 Å². The number of carbonyl (C=O) groups excluding carboxylic acids is 1. The number of ether oxygens (including phenoxy) is 3. The lowest BCUT2D eigenvalue weighted by molar-refractivity contribution is 0.0489. The van der Waals surface area contributed by atoms with Gasteiger partial charge in [0.15, 0.2) is 0 Å². The summed E-state index contributed by atoms with van der Waals surface area (Å²) in [5, 5.41) is 7.27. The fourth-order valence-electron chi connectivity index (χ4n) is 3.23. The summed E-state index contributed by atoms with van der Waals surface area (Å²) in [7, 11) is 1.65. The van der Waals surface area contributed by atoms with Crippen LogP contribution in [0.25, 0.3) is 0 Å². The van der Waals surface area contributed by atoms with Gasteiger partial charge in [0.2, 0.25) is 0 Å². The van der Waals surface area contributed by atoms with Gasteiger partial charge < -0.3 is 24.8 Å². The molecule has 2 N–H and O–H groups in total. The molecule has 1 fully saturated rings. The molecule has 1 aliphatic rings. The third-order valence-corrected chi connectivity index (χ3v) is 4.83. The molecule has 28 heavy (non-hydrogen) atoms. The minimum atomic E-state index is -0.469. The molecule has 1 saturated carbocycles. The number of methoxy groups -OCH3 is 1. The summed E-state index contributed by atoms with van der Waals surface area (Å²) in [4.78, 5) is 11.9. The topological polar surface area (TPSA) is 68.8 Å². The lowest BCUT2D eigenvalue weighted by atomic mass is 9.91. The van der Waals surface area contributed by atoms with Gasteiger partial charge in [0.25, 0.3) is 0 Å². The number of benzene rings is 1. The smallest absolute Gasteiger partial charge is 0.407 e. The van der Waals surface area contributed by atoms with Gasteiger partial charge in [-0.3, -0.25) is 0 Å². The number of halogens is 1. The molecule has 1 aromatic rings. The number of amides is 1. The molecule has 0 aliphatic heterocycles. The Bertz CT molecular complexity index is 625. The first kappa shape index (κ1) is 22.8. The fraction of sp³-hybridized carbons (Fsp3) is 0.667. The Morgan fingerprint density at radius 1 is 1.14 bits per heavy atom. The molecular weight excluding hydrogens is 380 g/mol. The molecule has 0 radical (unpaired) electrons. The van der Waals surface area contributed by atoms with Crippen molar-refractivity contribution in [2.45, 2.75) is 70.7 Å². The highest BCUT2D eigenvalue weighted by atomic mass is 35.5. The maximum atomic E-state index is 11.9. The Hall–Kier alpha value is -1.50. The van der Waals surface area contributed by atoms with E-state index in [4.69, 9.17) is 25.8 Å². The van der Waals surface area contributed by atoms with Crippen molar-refractivity contribution in [2.75, 3.05) is 20.3 Å². The van der Waals surface area contributed by atoms with Crippen LogP contribution in [0.5, 0.6) is 5.75 Å². The zero-order valence-electron chi connectivity index (χ0n) is 17.3. The normalized spacial score (nSPS) is 19.9. The van der Waals surface area contributed by atoms with Crippen LogP contribution in [-0.2, 0) is 16.0 Å². The molecule has 6 nitrogen and oxygen atoms in total. The Kier molecular flexibility index (Phi) is 8.86. The Morgan fingerprint density at radius 2 is 1.82 bits per heavy atom. The van der Waals surface area contributed by atoms with Crippen molar-refractivity contribution < 1.29 is 19.0 Å². The molecule has 1 aliphatic carbocycles. The Labute approximate surface area is 173 Å². The van der Waals surface area contributed by atoms with E-state index in [1.807, 2.05) is 39.0 Å². The predicted molar refractivity (Wildman–Crippen MR) is 111 cm³/mol. The van der Waals surface area contributed by atoms with Gasteiger partial charge in [-0.1, -0.05) is 11.6 Å². The summed E-state index contributed by atoms with van der Waals surface area (Å²) in [5.74, 6) is 0.828. The quantitative estimate of drug-likeness (QED) is 0.623. The average molecular weight is 413 g/mol. The van der Waals surface area contributed by atoms with Crippen LogP contribution >= 0.6 is 11.6 Å². The van der Waals surface area contributed by atoms with E-state index in [9.17, 15) is 4.79 Å². The second kappa shape index (κ2) is 10.9. The van der Waals surface area contributed by atoms with Crippen LogP contribution in [0.3, 0.4) is 0 Å². The van der Waals surface area contributed by atoms with Gasteiger partial charge in [-0.15, -0.1) is 0 Å². The maximum absolute atomic E-state index is 11.9. The van der Waals surface area contributed by atoms with Crippen molar-refractivity contribution in [2.24, 2.45) is 0 Å². The van der Waals surface area contributed by atoms with E-state index < -0.39 is 5.60 Å². The zero-order chi connectivity index (χ0) is 20.6. The molecule has 1 aromatic carbocycles.